The van der Waals surface area contributed by atoms with Gasteiger partial charge in [-0.1, -0.05) is 48.1 Å². The standard InChI is InChI=1S/C20H21ClN4O3S2/c1-4-17(15-6-5-12(2)13(3)11-15)25-30(27,28)20-24-23-19(29-20)22-18(26)14-7-9-16(21)10-8-14/h5-11,17,25H,4H2,1-3H3,(H,22,23,26)/t17-/m1/s1. The molecule has 158 valence electrons. The van der Waals surface area contributed by atoms with Crippen molar-refractivity contribution < 1.29 is 13.2 Å². The number of rotatable bonds is 7. The summed E-state index contributed by atoms with van der Waals surface area (Å²) in [5.74, 6) is -0.429. The first kappa shape index (κ1) is 22.4. The molecule has 0 radical (unpaired) electrons. The zero-order valence-corrected chi connectivity index (χ0v) is 19.0. The lowest BCUT2D eigenvalue weighted by atomic mass is 10.0. The summed E-state index contributed by atoms with van der Waals surface area (Å²) in [6, 6.07) is 11.8. The molecule has 1 heterocycles. The Bertz CT molecular complexity index is 1160. The Balaban J connectivity index is 1.74. The Morgan fingerprint density at radius 1 is 1.10 bits per heavy atom. The molecule has 0 aliphatic rings. The van der Waals surface area contributed by atoms with E-state index in [1.807, 2.05) is 39.0 Å². The molecule has 1 aromatic heterocycles. The molecule has 7 nitrogen and oxygen atoms in total. The Labute approximate surface area is 184 Å². The first-order chi connectivity index (χ1) is 14.2. The molecule has 2 aromatic carbocycles. The normalized spacial score (nSPS) is 12.5. The van der Waals surface area contributed by atoms with Gasteiger partial charge in [-0.15, -0.1) is 10.2 Å². The highest BCUT2D eigenvalue weighted by Crippen LogP contribution is 2.25. The maximum atomic E-state index is 12.8. The maximum Gasteiger partial charge on any atom is 0.270 e. The average Bonchev–Trinajstić information content (AvgIpc) is 3.18. The van der Waals surface area contributed by atoms with Crippen LogP contribution in [0.3, 0.4) is 0 Å². The van der Waals surface area contributed by atoms with E-state index in [1.165, 1.54) is 0 Å². The minimum Gasteiger partial charge on any atom is -0.296 e. The number of halogens is 1. The van der Waals surface area contributed by atoms with Gasteiger partial charge in [0.25, 0.3) is 15.9 Å². The van der Waals surface area contributed by atoms with Crippen LogP contribution in [0.15, 0.2) is 46.8 Å². The van der Waals surface area contributed by atoms with Gasteiger partial charge in [-0.2, -0.15) is 0 Å². The number of amides is 1. The molecular weight excluding hydrogens is 444 g/mol. The van der Waals surface area contributed by atoms with Crippen molar-refractivity contribution in [3.05, 3.63) is 69.7 Å². The third kappa shape index (κ3) is 5.23. The molecule has 1 amide bonds. The summed E-state index contributed by atoms with van der Waals surface area (Å²) in [7, 11) is -3.90. The van der Waals surface area contributed by atoms with Crippen molar-refractivity contribution in [2.75, 3.05) is 5.32 Å². The number of nitrogens with zero attached hydrogens (tertiary/aromatic N) is 2. The van der Waals surface area contributed by atoms with Gasteiger partial charge in [0, 0.05) is 16.6 Å². The zero-order valence-electron chi connectivity index (χ0n) is 16.6. The highest BCUT2D eigenvalue weighted by Gasteiger charge is 2.25. The van der Waals surface area contributed by atoms with E-state index in [1.54, 1.807) is 24.3 Å². The highest BCUT2D eigenvalue weighted by molar-refractivity contribution is 7.91. The maximum absolute atomic E-state index is 12.8. The summed E-state index contributed by atoms with van der Waals surface area (Å²) in [5.41, 5.74) is 3.48. The largest absolute Gasteiger partial charge is 0.296 e. The van der Waals surface area contributed by atoms with E-state index in [-0.39, 0.29) is 9.47 Å². The monoisotopic (exact) mass is 464 g/mol. The van der Waals surface area contributed by atoms with Gasteiger partial charge in [0.05, 0.1) is 0 Å². The fourth-order valence-corrected chi connectivity index (χ4v) is 5.09. The van der Waals surface area contributed by atoms with Crippen molar-refractivity contribution in [3.63, 3.8) is 0 Å². The predicted octanol–water partition coefficient (Wildman–Crippen LogP) is 4.49. The van der Waals surface area contributed by atoms with Crippen molar-refractivity contribution >= 4 is 44.0 Å². The Hall–Kier alpha value is -2.33. The molecule has 30 heavy (non-hydrogen) atoms. The van der Waals surface area contributed by atoms with Gasteiger partial charge in [-0.3, -0.25) is 10.1 Å². The lowest BCUT2D eigenvalue weighted by molar-refractivity contribution is 0.102. The summed E-state index contributed by atoms with van der Waals surface area (Å²) in [4.78, 5) is 12.3. The number of nitrogens with one attached hydrogen (secondary N) is 2. The van der Waals surface area contributed by atoms with Gasteiger partial charge in [0.2, 0.25) is 9.47 Å². The van der Waals surface area contributed by atoms with Crippen LogP contribution < -0.4 is 10.0 Å². The Morgan fingerprint density at radius 3 is 2.43 bits per heavy atom. The van der Waals surface area contributed by atoms with Crippen molar-refractivity contribution in [1.82, 2.24) is 14.9 Å². The highest BCUT2D eigenvalue weighted by atomic mass is 35.5. The fourth-order valence-electron chi connectivity index (χ4n) is 2.75. The summed E-state index contributed by atoms with van der Waals surface area (Å²) < 4.78 is 28.1. The number of benzene rings is 2. The number of carbonyl (C=O) groups excluding carboxylic acids is 1. The molecule has 0 unspecified atom stereocenters. The summed E-state index contributed by atoms with van der Waals surface area (Å²) in [6.07, 6.45) is 0.570. The van der Waals surface area contributed by atoms with E-state index in [0.29, 0.717) is 17.0 Å². The van der Waals surface area contributed by atoms with Crippen LogP contribution in [0.4, 0.5) is 5.13 Å². The van der Waals surface area contributed by atoms with Crippen LogP contribution in [0.2, 0.25) is 5.02 Å². The third-order valence-electron chi connectivity index (χ3n) is 4.60. The molecule has 10 heteroatoms. The smallest absolute Gasteiger partial charge is 0.270 e. The Kier molecular flexibility index (Phi) is 6.87. The topological polar surface area (TPSA) is 101 Å². The van der Waals surface area contributed by atoms with E-state index in [0.717, 1.165) is 28.0 Å². The van der Waals surface area contributed by atoms with Crippen molar-refractivity contribution in [1.29, 1.82) is 0 Å². The first-order valence-corrected chi connectivity index (χ1v) is 11.9. The van der Waals surface area contributed by atoms with Crippen LogP contribution in [0.5, 0.6) is 0 Å². The van der Waals surface area contributed by atoms with Crippen LogP contribution in [-0.4, -0.2) is 24.5 Å². The predicted molar refractivity (Wildman–Crippen MR) is 119 cm³/mol. The van der Waals surface area contributed by atoms with Crippen LogP contribution in [0, 0.1) is 13.8 Å². The van der Waals surface area contributed by atoms with Crippen molar-refractivity contribution in [2.45, 2.75) is 37.6 Å². The van der Waals surface area contributed by atoms with Crippen LogP contribution in [-0.2, 0) is 10.0 Å². The van der Waals surface area contributed by atoms with Crippen LogP contribution >= 0.6 is 22.9 Å². The second kappa shape index (κ2) is 9.22. The van der Waals surface area contributed by atoms with Crippen LogP contribution in [0.1, 0.15) is 46.4 Å². The third-order valence-corrected chi connectivity index (χ3v) is 7.53. The average molecular weight is 465 g/mol. The van der Waals surface area contributed by atoms with Gasteiger partial charge in [0.1, 0.15) is 0 Å². The van der Waals surface area contributed by atoms with Gasteiger partial charge in [0.15, 0.2) is 0 Å². The first-order valence-electron chi connectivity index (χ1n) is 9.19. The van der Waals surface area contributed by atoms with Gasteiger partial charge >= 0.3 is 0 Å². The van der Waals surface area contributed by atoms with E-state index in [4.69, 9.17) is 11.6 Å². The van der Waals surface area contributed by atoms with Gasteiger partial charge in [-0.05, 0) is 61.2 Å². The number of aromatic nitrogens is 2. The number of hydrogen-bond acceptors (Lipinski definition) is 6. The SMILES string of the molecule is CC[C@@H](NS(=O)(=O)c1nnc(NC(=O)c2ccc(Cl)cc2)s1)c1ccc(C)c(C)c1. The molecule has 0 aliphatic carbocycles. The lowest BCUT2D eigenvalue weighted by Crippen LogP contribution is -2.28. The molecule has 3 rings (SSSR count). The molecule has 2 N–H and O–H groups in total. The molecule has 0 saturated heterocycles. The van der Waals surface area contributed by atoms with Gasteiger partial charge in [-0.25, -0.2) is 13.1 Å². The second-order valence-corrected chi connectivity index (χ2v) is 10.1. The van der Waals surface area contributed by atoms with E-state index >= 15 is 0 Å². The quantitative estimate of drug-likeness (QED) is 0.501. The summed E-state index contributed by atoms with van der Waals surface area (Å²) in [6.45, 7) is 5.89. The summed E-state index contributed by atoms with van der Waals surface area (Å²) in [5, 5.41) is 10.7. The van der Waals surface area contributed by atoms with Gasteiger partial charge < -0.3 is 0 Å². The molecule has 0 saturated carbocycles. The fraction of sp³-hybridized carbons (Fsp3) is 0.250. The number of anilines is 1. The molecule has 0 spiro atoms. The minimum absolute atomic E-state index is 0.0922. The molecule has 0 fully saturated rings. The van der Waals surface area contributed by atoms with E-state index < -0.39 is 22.0 Å². The minimum atomic E-state index is -3.90. The van der Waals surface area contributed by atoms with E-state index in [2.05, 4.69) is 20.2 Å². The Morgan fingerprint density at radius 2 is 1.80 bits per heavy atom. The zero-order chi connectivity index (χ0) is 21.9. The van der Waals surface area contributed by atoms with Crippen LogP contribution in [0.25, 0.3) is 0 Å². The summed E-state index contributed by atoms with van der Waals surface area (Å²) >= 11 is 6.61. The van der Waals surface area contributed by atoms with E-state index in [9.17, 15) is 13.2 Å². The molecule has 0 bridgehead atoms. The number of carbonyl (C=O) groups is 1. The lowest BCUT2D eigenvalue weighted by Gasteiger charge is -2.17. The number of hydrogen-bond donors (Lipinski definition) is 2. The molecule has 3 aromatic rings. The number of sulfonamides is 1. The molecule has 1 atom stereocenters. The van der Waals surface area contributed by atoms with Crippen molar-refractivity contribution in [3.8, 4) is 0 Å². The molecule has 0 aliphatic heterocycles. The molecular formula is C20H21ClN4O3S2. The second-order valence-electron chi connectivity index (χ2n) is 6.76. The number of aryl methyl sites for hydroxylation is 2. The van der Waals surface area contributed by atoms with Crippen molar-refractivity contribution in [2.24, 2.45) is 0 Å².